The Kier molecular flexibility index (Phi) is 6.03. The summed E-state index contributed by atoms with van der Waals surface area (Å²) in [5.41, 5.74) is 4.92. The molecule has 4 saturated carbocycles. The highest BCUT2D eigenvalue weighted by Gasteiger charge is 2.52. The molecule has 3 aromatic carbocycles. The minimum atomic E-state index is -0.0156. The van der Waals surface area contributed by atoms with Crippen molar-refractivity contribution in [3.63, 3.8) is 0 Å². The van der Waals surface area contributed by atoms with E-state index < -0.39 is 0 Å². The molecule has 188 valence electrons. The Morgan fingerprint density at radius 2 is 1.50 bits per heavy atom. The van der Waals surface area contributed by atoms with Crippen LogP contribution in [-0.2, 0) is 5.41 Å². The van der Waals surface area contributed by atoms with E-state index in [1.807, 2.05) is 33.3 Å². The van der Waals surface area contributed by atoms with Gasteiger partial charge in [-0.15, -0.1) is 0 Å². The van der Waals surface area contributed by atoms with Crippen molar-refractivity contribution in [3.05, 3.63) is 65.7 Å². The first kappa shape index (κ1) is 23.5. The molecule has 4 aliphatic rings. The van der Waals surface area contributed by atoms with Crippen LogP contribution in [0.4, 0.5) is 0 Å². The molecule has 0 aliphatic heterocycles. The molecule has 1 amide bonds. The fourth-order valence-electron chi connectivity index (χ4n) is 7.80. The average Bonchev–Trinajstić information content (AvgIpc) is 2.86. The number of amides is 1. The zero-order valence-corrected chi connectivity index (χ0v) is 21.8. The zero-order chi connectivity index (χ0) is 24.9. The summed E-state index contributed by atoms with van der Waals surface area (Å²) in [5.74, 6) is 3.75. The average molecular weight is 483 g/mol. The van der Waals surface area contributed by atoms with Gasteiger partial charge in [0.05, 0.1) is 7.11 Å². The van der Waals surface area contributed by atoms with Crippen molar-refractivity contribution < 1.29 is 9.53 Å². The van der Waals surface area contributed by atoms with Crippen molar-refractivity contribution in [2.75, 3.05) is 34.3 Å². The molecule has 4 fully saturated rings. The Hall–Kier alpha value is -2.85. The van der Waals surface area contributed by atoms with E-state index in [4.69, 9.17) is 4.74 Å². The maximum Gasteiger partial charge on any atom is 0.251 e. The lowest BCUT2D eigenvalue weighted by atomic mass is 9.48. The van der Waals surface area contributed by atoms with E-state index in [1.54, 1.807) is 0 Å². The number of methoxy groups -OCH3 is 1. The summed E-state index contributed by atoms with van der Waals surface area (Å²) in [6.07, 6.45) is 8.33. The Morgan fingerprint density at radius 1 is 0.889 bits per heavy atom. The number of carbonyl (C=O) groups excluding carboxylic acids is 1. The molecule has 0 atom stereocenters. The van der Waals surface area contributed by atoms with Gasteiger partial charge in [-0.2, -0.15) is 0 Å². The van der Waals surface area contributed by atoms with Gasteiger partial charge >= 0.3 is 0 Å². The van der Waals surface area contributed by atoms with Crippen LogP contribution in [0.2, 0.25) is 0 Å². The molecule has 4 nitrogen and oxygen atoms in total. The first-order chi connectivity index (χ1) is 17.4. The molecule has 4 aliphatic carbocycles. The molecule has 3 aromatic rings. The summed E-state index contributed by atoms with van der Waals surface area (Å²) in [6.45, 7) is 1.47. The molecule has 0 spiro atoms. The van der Waals surface area contributed by atoms with Gasteiger partial charge in [0.15, 0.2) is 0 Å². The van der Waals surface area contributed by atoms with Gasteiger partial charge in [0.25, 0.3) is 5.91 Å². The van der Waals surface area contributed by atoms with E-state index >= 15 is 0 Å². The molecular formula is C32H38N2O2. The van der Waals surface area contributed by atoms with Crippen molar-refractivity contribution in [1.82, 2.24) is 10.2 Å². The predicted molar refractivity (Wildman–Crippen MR) is 147 cm³/mol. The smallest absolute Gasteiger partial charge is 0.251 e. The van der Waals surface area contributed by atoms with Gasteiger partial charge < -0.3 is 15.0 Å². The van der Waals surface area contributed by atoms with Crippen LogP contribution in [-0.4, -0.2) is 45.1 Å². The van der Waals surface area contributed by atoms with Gasteiger partial charge in [0.2, 0.25) is 0 Å². The number of nitrogens with one attached hydrogen (secondary N) is 1. The Labute approximate surface area is 215 Å². The monoisotopic (exact) mass is 482 g/mol. The van der Waals surface area contributed by atoms with Gasteiger partial charge in [0, 0.05) is 24.2 Å². The largest absolute Gasteiger partial charge is 0.496 e. The number of fused-ring (bicyclic) bond motifs is 1. The number of carbonyl (C=O) groups is 1. The fraction of sp³-hybridized carbons (Fsp3) is 0.469. The molecule has 0 saturated heterocycles. The summed E-state index contributed by atoms with van der Waals surface area (Å²) in [7, 11) is 5.84. The SMILES string of the molecule is COc1ccc(-c2ccc3cc(C(=O)NCCN(C)C)ccc3c2)cc1C12CC3CC(CC(C3)C1)C2. The molecule has 36 heavy (non-hydrogen) atoms. The Balaban J connectivity index is 1.29. The maximum absolute atomic E-state index is 12.6. The summed E-state index contributed by atoms with van der Waals surface area (Å²) in [5, 5.41) is 5.26. The molecule has 0 unspecified atom stereocenters. The van der Waals surface area contributed by atoms with E-state index in [0.717, 1.165) is 40.8 Å². The second-order valence-electron chi connectivity index (χ2n) is 11.9. The van der Waals surface area contributed by atoms with E-state index in [1.165, 1.54) is 55.2 Å². The first-order valence-corrected chi connectivity index (χ1v) is 13.6. The van der Waals surface area contributed by atoms with Crippen molar-refractivity contribution in [2.24, 2.45) is 17.8 Å². The van der Waals surface area contributed by atoms with E-state index in [-0.39, 0.29) is 5.91 Å². The first-order valence-electron chi connectivity index (χ1n) is 13.6. The van der Waals surface area contributed by atoms with Crippen molar-refractivity contribution >= 4 is 16.7 Å². The van der Waals surface area contributed by atoms with E-state index in [0.29, 0.717) is 17.5 Å². The van der Waals surface area contributed by atoms with Crippen LogP contribution < -0.4 is 10.1 Å². The second-order valence-corrected chi connectivity index (χ2v) is 11.9. The van der Waals surface area contributed by atoms with Crippen molar-refractivity contribution in [1.29, 1.82) is 0 Å². The minimum absolute atomic E-state index is 0.0156. The van der Waals surface area contributed by atoms with Crippen LogP contribution in [0.25, 0.3) is 21.9 Å². The summed E-state index contributed by atoms with van der Waals surface area (Å²) in [6, 6.07) is 19.4. The minimum Gasteiger partial charge on any atom is -0.496 e. The molecule has 4 heteroatoms. The summed E-state index contributed by atoms with van der Waals surface area (Å²) < 4.78 is 5.93. The second kappa shape index (κ2) is 9.23. The molecule has 0 radical (unpaired) electrons. The van der Waals surface area contributed by atoms with Crippen LogP contribution in [0.15, 0.2) is 54.6 Å². The standard InChI is InChI=1S/C32H38N2O2/c1-34(2)11-10-33-31(35)28-7-6-24-15-25(4-5-26(24)16-28)27-8-9-30(36-3)29(17-27)32-18-21-12-22(19-32)14-23(13-21)20-32/h4-9,15-17,21-23H,10-14,18-20H2,1-3H3,(H,33,35). The van der Waals surface area contributed by atoms with Crippen LogP contribution >= 0.6 is 0 Å². The van der Waals surface area contributed by atoms with Crippen LogP contribution in [0.5, 0.6) is 5.75 Å². The van der Waals surface area contributed by atoms with Gasteiger partial charge in [-0.1, -0.05) is 24.3 Å². The highest BCUT2D eigenvalue weighted by Crippen LogP contribution is 2.62. The summed E-state index contributed by atoms with van der Waals surface area (Å²) >= 11 is 0. The lowest BCUT2D eigenvalue weighted by Gasteiger charge is -2.57. The topological polar surface area (TPSA) is 41.6 Å². The molecule has 7 rings (SSSR count). The third kappa shape index (κ3) is 4.30. The molecule has 1 N–H and O–H groups in total. The maximum atomic E-state index is 12.6. The number of likely N-dealkylation sites (N-methyl/N-ethyl adjacent to an activating group) is 1. The fourth-order valence-corrected chi connectivity index (χ4v) is 7.80. The van der Waals surface area contributed by atoms with E-state index in [9.17, 15) is 4.79 Å². The van der Waals surface area contributed by atoms with Gasteiger partial charge in [-0.05, 0) is 128 Å². The van der Waals surface area contributed by atoms with Crippen LogP contribution in [0.3, 0.4) is 0 Å². The quantitative estimate of drug-likeness (QED) is 0.431. The third-order valence-corrected chi connectivity index (χ3v) is 9.09. The predicted octanol–water partition coefficient (Wildman–Crippen LogP) is 6.27. The molecule has 4 bridgehead atoms. The van der Waals surface area contributed by atoms with Gasteiger partial charge in [-0.3, -0.25) is 4.79 Å². The van der Waals surface area contributed by atoms with Crippen LogP contribution in [0.1, 0.15) is 54.4 Å². The number of benzene rings is 3. The van der Waals surface area contributed by atoms with E-state index in [2.05, 4.69) is 52.7 Å². The Morgan fingerprint density at radius 3 is 2.17 bits per heavy atom. The number of nitrogens with zero attached hydrogens (tertiary/aromatic N) is 1. The lowest BCUT2D eigenvalue weighted by Crippen LogP contribution is -2.48. The number of rotatable bonds is 7. The number of hydrogen-bond acceptors (Lipinski definition) is 3. The van der Waals surface area contributed by atoms with Crippen LogP contribution in [0, 0.1) is 17.8 Å². The third-order valence-electron chi connectivity index (χ3n) is 9.09. The zero-order valence-electron chi connectivity index (χ0n) is 21.8. The number of ether oxygens (including phenoxy) is 1. The normalized spacial score (nSPS) is 26.5. The van der Waals surface area contributed by atoms with Gasteiger partial charge in [0.1, 0.15) is 5.75 Å². The Bertz CT molecular complexity index is 1260. The van der Waals surface area contributed by atoms with Crippen molar-refractivity contribution in [2.45, 2.75) is 43.9 Å². The lowest BCUT2D eigenvalue weighted by molar-refractivity contribution is -0.00613. The summed E-state index contributed by atoms with van der Waals surface area (Å²) in [4.78, 5) is 14.6. The molecular weight excluding hydrogens is 444 g/mol. The molecule has 0 aromatic heterocycles. The van der Waals surface area contributed by atoms with Gasteiger partial charge in [-0.25, -0.2) is 0 Å². The van der Waals surface area contributed by atoms with Crippen molar-refractivity contribution in [3.8, 4) is 16.9 Å². The highest BCUT2D eigenvalue weighted by atomic mass is 16.5. The number of hydrogen-bond donors (Lipinski definition) is 1. The molecule has 0 heterocycles. The highest BCUT2D eigenvalue weighted by molar-refractivity contribution is 5.99.